The van der Waals surface area contributed by atoms with E-state index in [-0.39, 0.29) is 5.91 Å². The van der Waals surface area contributed by atoms with Crippen LogP contribution in [0.25, 0.3) is 0 Å². The molecule has 0 aliphatic heterocycles. The van der Waals surface area contributed by atoms with Crippen molar-refractivity contribution < 1.29 is 9.53 Å². The lowest BCUT2D eigenvalue weighted by Gasteiger charge is -2.11. The van der Waals surface area contributed by atoms with Gasteiger partial charge in [0.15, 0.2) is 5.16 Å². The molecule has 1 aliphatic rings. The first-order valence-corrected chi connectivity index (χ1v) is 8.26. The fraction of sp³-hybridized carbons (Fsp3) is 0.375. The number of aryl methyl sites for hydroxylation is 1. The monoisotopic (exact) mass is 317 g/mol. The molecule has 1 fully saturated rings. The zero-order valence-corrected chi connectivity index (χ0v) is 13.5. The first-order valence-electron chi connectivity index (χ1n) is 7.27. The van der Waals surface area contributed by atoms with Gasteiger partial charge in [-0.2, -0.15) is 0 Å². The summed E-state index contributed by atoms with van der Waals surface area (Å²) in [6, 6.07) is 6.30. The Morgan fingerprint density at radius 3 is 3.05 bits per heavy atom. The standard InChI is InChI=1S/C16H19N3O2S/c1-11-3-6-14(21-2)13(9-11)18-15(20)10-22-16-17-7-8-19(16)12-4-5-12/h3,6-9,12H,4-5,10H2,1-2H3,(H,18,20). The number of nitrogens with zero attached hydrogens (tertiary/aromatic N) is 2. The molecule has 116 valence electrons. The van der Waals surface area contributed by atoms with Crippen LogP contribution in [0, 0.1) is 6.92 Å². The lowest BCUT2D eigenvalue weighted by atomic mass is 10.2. The van der Waals surface area contributed by atoms with Crippen molar-refractivity contribution in [2.75, 3.05) is 18.2 Å². The number of nitrogens with one attached hydrogen (secondary N) is 1. The van der Waals surface area contributed by atoms with E-state index in [4.69, 9.17) is 4.74 Å². The van der Waals surface area contributed by atoms with Crippen LogP contribution < -0.4 is 10.1 Å². The number of ether oxygens (including phenoxy) is 1. The SMILES string of the molecule is COc1ccc(C)cc1NC(=O)CSc1nccn1C1CC1. The minimum Gasteiger partial charge on any atom is -0.495 e. The maximum Gasteiger partial charge on any atom is 0.234 e. The van der Waals surface area contributed by atoms with Crippen LogP contribution in [0.15, 0.2) is 35.7 Å². The van der Waals surface area contributed by atoms with E-state index >= 15 is 0 Å². The van der Waals surface area contributed by atoms with Crippen molar-refractivity contribution in [3.63, 3.8) is 0 Å². The number of hydrogen-bond acceptors (Lipinski definition) is 4. The van der Waals surface area contributed by atoms with E-state index in [0.29, 0.717) is 23.2 Å². The molecule has 5 nitrogen and oxygen atoms in total. The molecule has 0 bridgehead atoms. The van der Waals surface area contributed by atoms with Gasteiger partial charge in [-0.25, -0.2) is 4.98 Å². The third-order valence-electron chi connectivity index (χ3n) is 3.53. The van der Waals surface area contributed by atoms with Crippen LogP contribution in [0.5, 0.6) is 5.75 Å². The van der Waals surface area contributed by atoms with E-state index in [1.807, 2.05) is 31.3 Å². The first-order chi connectivity index (χ1) is 10.7. The molecular weight excluding hydrogens is 298 g/mol. The van der Waals surface area contributed by atoms with Gasteiger partial charge in [-0.05, 0) is 37.5 Å². The van der Waals surface area contributed by atoms with Crippen LogP contribution >= 0.6 is 11.8 Å². The van der Waals surface area contributed by atoms with E-state index in [0.717, 1.165) is 10.7 Å². The van der Waals surface area contributed by atoms with Crippen LogP contribution in [0.3, 0.4) is 0 Å². The molecule has 0 spiro atoms. The van der Waals surface area contributed by atoms with Crippen molar-refractivity contribution >= 4 is 23.4 Å². The molecule has 1 aromatic heterocycles. The molecule has 0 atom stereocenters. The van der Waals surface area contributed by atoms with Gasteiger partial charge >= 0.3 is 0 Å². The molecule has 1 amide bonds. The van der Waals surface area contributed by atoms with Crippen molar-refractivity contribution in [1.29, 1.82) is 0 Å². The van der Waals surface area contributed by atoms with Gasteiger partial charge < -0.3 is 14.6 Å². The molecule has 2 aromatic rings. The molecule has 0 unspecified atom stereocenters. The van der Waals surface area contributed by atoms with E-state index in [1.54, 1.807) is 13.3 Å². The van der Waals surface area contributed by atoms with Gasteiger partial charge in [-0.1, -0.05) is 17.8 Å². The maximum atomic E-state index is 12.2. The predicted octanol–water partition coefficient (Wildman–Crippen LogP) is 3.27. The van der Waals surface area contributed by atoms with Crippen molar-refractivity contribution in [1.82, 2.24) is 9.55 Å². The molecular formula is C16H19N3O2S. The van der Waals surface area contributed by atoms with E-state index in [1.165, 1.54) is 24.6 Å². The Morgan fingerprint density at radius 2 is 2.32 bits per heavy atom. The number of imidazole rings is 1. The Labute approximate surface area is 134 Å². The van der Waals surface area contributed by atoms with E-state index in [2.05, 4.69) is 14.9 Å². The highest BCUT2D eigenvalue weighted by molar-refractivity contribution is 7.99. The van der Waals surface area contributed by atoms with E-state index in [9.17, 15) is 4.79 Å². The number of rotatable bonds is 6. The number of amides is 1. The largest absolute Gasteiger partial charge is 0.495 e. The van der Waals surface area contributed by atoms with Gasteiger partial charge in [0.1, 0.15) is 5.75 Å². The summed E-state index contributed by atoms with van der Waals surface area (Å²) in [5.74, 6) is 0.948. The summed E-state index contributed by atoms with van der Waals surface area (Å²) in [6.45, 7) is 1.98. The maximum absolute atomic E-state index is 12.2. The molecule has 0 radical (unpaired) electrons. The van der Waals surface area contributed by atoms with Crippen LogP contribution in [-0.4, -0.2) is 28.3 Å². The Hall–Kier alpha value is -1.95. The number of benzene rings is 1. The highest BCUT2D eigenvalue weighted by Gasteiger charge is 2.25. The number of carbonyl (C=O) groups is 1. The number of aromatic nitrogens is 2. The van der Waals surface area contributed by atoms with Gasteiger partial charge in [0.05, 0.1) is 18.6 Å². The van der Waals surface area contributed by atoms with Gasteiger partial charge in [0.2, 0.25) is 5.91 Å². The van der Waals surface area contributed by atoms with Gasteiger partial charge in [0, 0.05) is 18.4 Å². The minimum absolute atomic E-state index is 0.0563. The van der Waals surface area contributed by atoms with Gasteiger partial charge in [0.25, 0.3) is 0 Å². The third-order valence-corrected chi connectivity index (χ3v) is 4.52. The van der Waals surface area contributed by atoms with E-state index < -0.39 is 0 Å². The van der Waals surface area contributed by atoms with Crippen LogP contribution in [0.1, 0.15) is 24.4 Å². The number of carbonyl (C=O) groups excluding carboxylic acids is 1. The second kappa shape index (κ2) is 6.44. The lowest BCUT2D eigenvalue weighted by Crippen LogP contribution is -2.15. The lowest BCUT2D eigenvalue weighted by molar-refractivity contribution is -0.113. The molecule has 3 rings (SSSR count). The Bertz CT molecular complexity index is 680. The topological polar surface area (TPSA) is 56.1 Å². The number of anilines is 1. The molecule has 1 heterocycles. The average molecular weight is 317 g/mol. The molecule has 6 heteroatoms. The number of methoxy groups -OCH3 is 1. The number of hydrogen-bond donors (Lipinski definition) is 1. The summed E-state index contributed by atoms with van der Waals surface area (Å²) in [7, 11) is 1.60. The summed E-state index contributed by atoms with van der Waals surface area (Å²) >= 11 is 1.47. The first kappa shape index (κ1) is 15.0. The normalized spacial score (nSPS) is 13.9. The van der Waals surface area contributed by atoms with Crippen molar-refractivity contribution in [3.8, 4) is 5.75 Å². The highest BCUT2D eigenvalue weighted by Crippen LogP contribution is 2.37. The fourth-order valence-corrected chi connectivity index (χ4v) is 3.10. The highest BCUT2D eigenvalue weighted by atomic mass is 32.2. The van der Waals surface area contributed by atoms with Crippen molar-refractivity contribution in [2.45, 2.75) is 31.0 Å². The predicted molar refractivity (Wildman–Crippen MR) is 87.6 cm³/mol. The second-order valence-electron chi connectivity index (χ2n) is 5.39. The summed E-state index contributed by atoms with van der Waals surface area (Å²) in [5, 5.41) is 3.82. The van der Waals surface area contributed by atoms with Crippen LogP contribution in [-0.2, 0) is 4.79 Å². The molecule has 1 saturated carbocycles. The van der Waals surface area contributed by atoms with Gasteiger partial charge in [-0.3, -0.25) is 4.79 Å². The summed E-state index contributed by atoms with van der Waals surface area (Å²) in [5.41, 5.74) is 1.78. The number of thioether (sulfide) groups is 1. The molecule has 1 aliphatic carbocycles. The quantitative estimate of drug-likeness (QED) is 0.831. The fourth-order valence-electron chi connectivity index (χ4n) is 2.28. The Balaban J connectivity index is 1.60. The van der Waals surface area contributed by atoms with Gasteiger partial charge in [-0.15, -0.1) is 0 Å². The second-order valence-corrected chi connectivity index (χ2v) is 6.33. The smallest absolute Gasteiger partial charge is 0.234 e. The molecule has 0 saturated heterocycles. The zero-order chi connectivity index (χ0) is 15.5. The zero-order valence-electron chi connectivity index (χ0n) is 12.7. The van der Waals surface area contributed by atoms with Crippen LogP contribution in [0.2, 0.25) is 0 Å². The summed E-state index contributed by atoms with van der Waals surface area (Å²) in [4.78, 5) is 16.5. The van der Waals surface area contributed by atoms with Crippen molar-refractivity contribution in [3.05, 3.63) is 36.2 Å². The van der Waals surface area contributed by atoms with Crippen molar-refractivity contribution in [2.24, 2.45) is 0 Å². The summed E-state index contributed by atoms with van der Waals surface area (Å²) in [6.07, 6.45) is 6.19. The minimum atomic E-state index is -0.0563. The Kier molecular flexibility index (Phi) is 4.38. The Morgan fingerprint density at radius 1 is 1.50 bits per heavy atom. The molecule has 22 heavy (non-hydrogen) atoms. The average Bonchev–Trinajstić information content (AvgIpc) is 3.24. The molecule has 1 N–H and O–H groups in total. The third kappa shape index (κ3) is 3.44. The van der Waals surface area contributed by atoms with Crippen LogP contribution in [0.4, 0.5) is 5.69 Å². The summed E-state index contributed by atoms with van der Waals surface area (Å²) < 4.78 is 7.43. The molecule has 1 aromatic carbocycles.